The number of hydrogen-bond donors (Lipinski definition) is 1. The summed E-state index contributed by atoms with van der Waals surface area (Å²) >= 11 is 1.71. The lowest BCUT2D eigenvalue weighted by atomic mass is 10.0. The van der Waals surface area contributed by atoms with Crippen LogP contribution in [0, 0.1) is 5.92 Å². The Morgan fingerprint density at radius 2 is 2.44 bits per heavy atom. The zero-order valence-electron chi connectivity index (χ0n) is 9.77. The standard InChI is InChI=1S/C12H18N2OS/c1-9(10-5-6-15-8-10)14-12-4-3-11(16-2)7-13-12/h3-4,7,9-10H,5-6,8H2,1-2H3,(H,13,14). The van der Waals surface area contributed by atoms with Crippen molar-refractivity contribution in [3.63, 3.8) is 0 Å². The highest BCUT2D eigenvalue weighted by Gasteiger charge is 2.22. The number of aromatic nitrogens is 1. The van der Waals surface area contributed by atoms with Crippen molar-refractivity contribution in [2.45, 2.75) is 24.3 Å². The number of pyridine rings is 1. The zero-order chi connectivity index (χ0) is 11.4. The highest BCUT2D eigenvalue weighted by molar-refractivity contribution is 7.98. The molecular weight excluding hydrogens is 220 g/mol. The number of ether oxygens (including phenoxy) is 1. The van der Waals surface area contributed by atoms with Crippen molar-refractivity contribution in [1.29, 1.82) is 0 Å². The maximum absolute atomic E-state index is 5.39. The van der Waals surface area contributed by atoms with Crippen LogP contribution in [0.15, 0.2) is 23.2 Å². The molecule has 2 heterocycles. The lowest BCUT2D eigenvalue weighted by molar-refractivity contribution is 0.183. The average molecular weight is 238 g/mol. The summed E-state index contributed by atoms with van der Waals surface area (Å²) in [5.41, 5.74) is 0. The molecule has 1 N–H and O–H groups in total. The van der Waals surface area contributed by atoms with Crippen LogP contribution in [0.5, 0.6) is 0 Å². The predicted molar refractivity (Wildman–Crippen MR) is 68.0 cm³/mol. The topological polar surface area (TPSA) is 34.1 Å². The second-order valence-electron chi connectivity index (χ2n) is 4.14. The van der Waals surface area contributed by atoms with Crippen LogP contribution in [-0.2, 0) is 4.74 Å². The van der Waals surface area contributed by atoms with Gasteiger partial charge in [0, 0.05) is 29.7 Å². The molecule has 3 nitrogen and oxygen atoms in total. The number of rotatable bonds is 4. The fraction of sp³-hybridized carbons (Fsp3) is 0.583. The number of anilines is 1. The Hall–Kier alpha value is -0.740. The quantitative estimate of drug-likeness (QED) is 0.818. The van der Waals surface area contributed by atoms with E-state index in [0.717, 1.165) is 25.5 Å². The Morgan fingerprint density at radius 3 is 3.00 bits per heavy atom. The van der Waals surface area contributed by atoms with Gasteiger partial charge in [-0.1, -0.05) is 0 Å². The molecule has 0 radical (unpaired) electrons. The molecule has 0 saturated carbocycles. The first kappa shape index (κ1) is 11.7. The molecule has 4 heteroatoms. The van der Waals surface area contributed by atoms with Gasteiger partial charge in [-0.2, -0.15) is 0 Å². The highest BCUT2D eigenvalue weighted by Crippen LogP contribution is 2.20. The summed E-state index contributed by atoms with van der Waals surface area (Å²) in [4.78, 5) is 5.58. The van der Waals surface area contributed by atoms with Gasteiger partial charge < -0.3 is 10.1 Å². The maximum atomic E-state index is 5.39. The number of nitrogens with one attached hydrogen (secondary N) is 1. The number of nitrogens with zero attached hydrogens (tertiary/aromatic N) is 1. The fourth-order valence-electron chi connectivity index (χ4n) is 1.88. The normalized spacial score (nSPS) is 22.0. The lowest BCUT2D eigenvalue weighted by Gasteiger charge is -2.19. The molecule has 16 heavy (non-hydrogen) atoms. The van der Waals surface area contributed by atoms with Crippen molar-refractivity contribution >= 4 is 17.6 Å². The Bertz CT molecular complexity index is 322. The van der Waals surface area contributed by atoms with Crippen LogP contribution in [0.1, 0.15) is 13.3 Å². The minimum atomic E-state index is 0.426. The van der Waals surface area contributed by atoms with E-state index < -0.39 is 0 Å². The van der Waals surface area contributed by atoms with E-state index in [4.69, 9.17) is 4.74 Å². The molecule has 2 atom stereocenters. The van der Waals surface area contributed by atoms with Crippen LogP contribution in [0.2, 0.25) is 0 Å². The van der Waals surface area contributed by atoms with Crippen molar-refractivity contribution in [3.05, 3.63) is 18.3 Å². The highest BCUT2D eigenvalue weighted by atomic mass is 32.2. The minimum Gasteiger partial charge on any atom is -0.381 e. The molecule has 1 aliphatic heterocycles. The van der Waals surface area contributed by atoms with Gasteiger partial charge in [0.1, 0.15) is 5.82 Å². The monoisotopic (exact) mass is 238 g/mol. The van der Waals surface area contributed by atoms with Crippen LogP contribution < -0.4 is 5.32 Å². The van der Waals surface area contributed by atoms with Crippen LogP contribution in [0.3, 0.4) is 0 Å². The van der Waals surface area contributed by atoms with E-state index in [9.17, 15) is 0 Å². The molecule has 0 aromatic carbocycles. The summed E-state index contributed by atoms with van der Waals surface area (Å²) in [7, 11) is 0. The SMILES string of the molecule is CSc1ccc(NC(C)C2CCOC2)nc1. The summed E-state index contributed by atoms with van der Waals surface area (Å²) in [6.07, 6.45) is 5.12. The van der Waals surface area contributed by atoms with Gasteiger partial charge in [-0.25, -0.2) is 4.98 Å². The molecule has 2 unspecified atom stereocenters. The van der Waals surface area contributed by atoms with Gasteiger partial charge in [0.2, 0.25) is 0 Å². The Morgan fingerprint density at radius 1 is 1.56 bits per heavy atom. The van der Waals surface area contributed by atoms with E-state index in [1.165, 1.54) is 4.90 Å². The van der Waals surface area contributed by atoms with Crippen molar-refractivity contribution < 1.29 is 4.74 Å². The van der Waals surface area contributed by atoms with E-state index in [2.05, 4.69) is 29.5 Å². The molecule has 0 bridgehead atoms. The number of thioether (sulfide) groups is 1. The summed E-state index contributed by atoms with van der Waals surface area (Å²) in [5, 5.41) is 3.43. The first-order valence-electron chi connectivity index (χ1n) is 5.64. The van der Waals surface area contributed by atoms with E-state index in [1.807, 2.05) is 12.3 Å². The van der Waals surface area contributed by atoms with Crippen molar-refractivity contribution in [1.82, 2.24) is 4.98 Å². The van der Waals surface area contributed by atoms with Crippen molar-refractivity contribution in [2.75, 3.05) is 24.8 Å². The maximum Gasteiger partial charge on any atom is 0.126 e. The van der Waals surface area contributed by atoms with Gasteiger partial charge in [-0.15, -0.1) is 11.8 Å². The first-order chi connectivity index (χ1) is 7.79. The predicted octanol–water partition coefficient (Wildman–Crippen LogP) is 2.64. The van der Waals surface area contributed by atoms with Gasteiger partial charge in [0.15, 0.2) is 0 Å². The van der Waals surface area contributed by atoms with Crippen LogP contribution in [-0.4, -0.2) is 30.5 Å². The van der Waals surface area contributed by atoms with Crippen LogP contribution in [0.4, 0.5) is 5.82 Å². The lowest BCUT2D eigenvalue weighted by Crippen LogP contribution is -2.26. The van der Waals surface area contributed by atoms with E-state index in [-0.39, 0.29) is 0 Å². The Kier molecular flexibility index (Phi) is 4.07. The molecule has 88 valence electrons. The molecule has 1 aromatic rings. The van der Waals surface area contributed by atoms with Gasteiger partial charge in [0.25, 0.3) is 0 Å². The molecule has 2 rings (SSSR count). The van der Waals surface area contributed by atoms with Gasteiger partial charge in [0.05, 0.1) is 6.61 Å². The Labute approximate surface area is 101 Å². The van der Waals surface area contributed by atoms with Crippen molar-refractivity contribution in [3.8, 4) is 0 Å². The smallest absolute Gasteiger partial charge is 0.126 e. The second-order valence-corrected chi connectivity index (χ2v) is 5.02. The molecule has 1 aliphatic rings. The first-order valence-corrected chi connectivity index (χ1v) is 6.86. The molecule has 1 fully saturated rings. The summed E-state index contributed by atoms with van der Waals surface area (Å²) in [6, 6.07) is 4.56. The number of hydrogen-bond acceptors (Lipinski definition) is 4. The third-order valence-electron chi connectivity index (χ3n) is 3.02. The molecule has 0 aliphatic carbocycles. The molecular formula is C12H18N2OS. The molecule has 0 spiro atoms. The van der Waals surface area contributed by atoms with E-state index >= 15 is 0 Å². The third-order valence-corrected chi connectivity index (χ3v) is 3.73. The van der Waals surface area contributed by atoms with Gasteiger partial charge >= 0.3 is 0 Å². The summed E-state index contributed by atoms with van der Waals surface area (Å²) in [5.74, 6) is 1.57. The Balaban J connectivity index is 1.92. The largest absolute Gasteiger partial charge is 0.381 e. The molecule has 0 amide bonds. The summed E-state index contributed by atoms with van der Waals surface area (Å²) < 4.78 is 5.39. The second kappa shape index (κ2) is 5.55. The molecule has 1 saturated heterocycles. The van der Waals surface area contributed by atoms with E-state index in [1.54, 1.807) is 11.8 Å². The third kappa shape index (κ3) is 2.89. The van der Waals surface area contributed by atoms with Crippen LogP contribution in [0.25, 0.3) is 0 Å². The average Bonchev–Trinajstić information content (AvgIpc) is 2.83. The van der Waals surface area contributed by atoms with E-state index in [0.29, 0.717) is 12.0 Å². The summed E-state index contributed by atoms with van der Waals surface area (Å²) in [6.45, 7) is 3.97. The van der Waals surface area contributed by atoms with Gasteiger partial charge in [-0.3, -0.25) is 0 Å². The molecule has 1 aromatic heterocycles. The van der Waals surface area contributed by atoms with Crippen molar-refractivity contribution in [2.24, 2.45) is 5.92 Å². The zero-order valence-corrected chi connectivity index (χ0v) is 10.6. The van der Waals surface area contributed by atoms with Gasteiger partial charge in [-0.05, 0) is 31.7 Å². The minimum absolute atomic E-state index is 0.426. The van der Waals surface area contributed by atoms with Crippen LogP contribution >= 0.6 is 11.8 Å². The fourth-order valence-corrected chi connectivity index (χ4v) is 2.25.